The van der Waals surface area contributed by atoms with Gasteiger partial charge in [0, 0.05) is 5.02 Å². The van der Waals surface area contributed by atoms with Crippen molar-refractivity contribution in [3.05, 3.63) is 120 Å². The molecule has 0 aromatic heterocycles. The summed E-state index contributed by atoms with van der Waals surface area (Å²) in [5.74, 6) is 0.920. The van der Waals surface area contributed by atoms with Gasteiger partial charge in [0.2, 0.25) is 0 Å². The molecule has 0 saturated heterocycles. The van der Waals surface area contributed by atoms with E-state index in [1.54, 1.807) is 24.3 Å². The highest BCUT2D eigenvalue weighted by Crippen LogP contribution is 2.26. The van der Waals surface area contributed by atoms with Gasteiger partial charge in [-0.05, 0) is 77.2 Å². The molecule has 0 aliphatic heterocycles. The number of carbonyl (C=O) groups is 1. The van der Waals surface area contributed by atoms with Gasteiger partial charge in [-0.1, -0.05) is 66.2 Å². The van der Waals surface area contributed by atoms with Crippen molar-refractivity contribution in [2.45, 2.75) is 6.42 Å². The monoisotopic (exact) mass is 454 g/mol. The van der Waals surface area contributed by atoms with Crippen molar-refractivity contribution in [1.82, 2.24) is 0 Å². The predicted octanol–water partition coefficient (Wildman–Crippen LogP) is 7.85. The number of hydrogen-bond donors (Lipinski definition) is 0. The Morgan fingerprint density at radius 2 is 1.15 bits per heavy atom. The van der Waals surface area contributed by atoms with Crippen LogP contribution in [0, 0.1) is 0 Å². The zero-order valence-corrected chi connectivity index (χ0v) is 18.8. The summed E-state index contributed by atoms with van der Waals surface area (Å²) in [5.41, 5.74) is 4.61. The van der Waals surface area contributed by atoms with Gasteiger partial charge >= 0.3 is 5.97 Å². The molecule has 4 rings (SSSR count). The lowest BCUT2D eigenvalue weighted by atomic mass is 10.0. The third-order valence-electron chi connectivity index (χ3n) is 5.14. The first-order valence-electron chi connectivity index (χ1n) is 10.6. The Kier molecular flexibility index (Phi) is 7.23. The summed E-state index contributed by atoms with van der Waals surface area (Å²) in [5, 5.41) is 0.695. The lowest BCUT2D eigenvalue weighted by Crippen LogP contribution is -2.08. The van der Waals surface area contributed by atoms with Crippen LogP contribution in [0.4, 0.5) is 0 Å². The molecule has 0 atom stereocenters. The number of carbonyl (C=O) groups excluding carboxylic acids is 1. The summed E-state index contributed by atoms with van der Waals surface area (Å²) in [6, 6.07) is 30.2. The van der Waals surface area contributed by atoms with Gasteiger partial charge < -0.3 is 9.47 Å². The second kappa shape index (κ2) is 10.7. The van der Waals surface area contributed by atoms with E-state index in [2.05, 4.69) is 6.58 Å². The molecule has 4 heteroatoms. The molecule has 0 bridgehead atoms. The molecule has 0 aliphatic rings. The lowest BCUT2D eigenvalue weighted by molar-refractivity contribution is 0.0735. The van der Waals surface area contributed by atoms with Crippen LogP contribution in [-0.4, -0.2) is 12.6 Å². The third-order valence-corrected chi connectivity index (χ3v) is 5.39. The second-order valence-electron chi connectivity index (χ2n) is 7.45. The van der Waals surface area contributed by atoms with Gasteiger partial charge in [-0.2, -0.15) is 0 Å². The Hall–Kier alpha value is -3.82. The van der Waals surface area contributed by atoms with Crippen LogP contribution in [0.5, 0.6) is 11.5 Å². The Morgan fingerprint density at radius 1 is 0.697 bits per heavy atom. The summed E-state index contributed by atoms with van der Waals surface area (Å²) >= 11 is 5.95. The fourth-order valence-electron chi connectivity index (χ4n) is 3.33. The molecule has 0 N–H and O–H groups in total. The van der Waals surface area contributed by atoms with E-state index in [1.807, 2.05) is 78.9 Å². The molecule has 0 heterocycles. The molecule has 0 spiro atoms. The summed E-state index contributed by atoms with van der Waals surface area (Å²) in [7, 11) is 0. The van der Waals surface area contributed by atoms with Crippen molar-refractivity contribution in [1.29, 1.82) is 0 Å². The van der Waals surface area contributed by atoms with Crippen molar-refractivity contribution in [3.8, 4) is 33.8 Å². The largest absolute Gasteiger partial charge is 0.493 e. The molecule has 164 valence electrons. The van der Waals surface area contributed by atoms with E-state index < -0.39 is 5.97 Å². The van der Waals surface area contributed by atoms with E-state index in [9.17, 15) is 4.79 Å². The van der Waals surface area contributed by atoms with Crippen LogP contribution in [0.25, 0.3) is 22.3 Å². The average Bonchev–Trinajstić information content (AvgIpc) is 2.86. The van der Waals surface area contributed by atoms with E-state index in [4.69, 9.17) is 21.1 Å². The smallest absolute Gasteiger partial charge is 0.343 e. The molecule has 3 nitrogen and oxygen atoms in total. The zero-order valence-electron chi connectivity index (χ0n) is 18.0. The standard InChI is InChI=1S/C29H23ClO3/c1-2-3-20-32-27-16-10-23(11-17-27)21-4-6-25(7-5-21)29(31)33-28-18-12-24(13-19-28)22-8-14-26(30)15-9-22/h2,4-19H,1,3,20H2. The Labute approximate surface area is 198 Å². The second-order valence-corrected chi connectivity index (χ2v) is 7.88. The lowest BCUT2D eigenvalue weighted by Gasteiger charge is -2.08. The van der Waals surface area contributed by atoms with Gasteiger partial charge in [0.05, 0.1) is 12.2 Å². The molecule has 4 aromatic carbocycles. The minimum atomic E-state index is -0.397. The van der Waals surface area contributed by atoms with E-state index in [0.717, 1.165) is 34.4 Å². The van der Waals surface area contributed by atoms with Crippen LogP contribution >= 0.6 is 11.6 Å². The van der Waals surface area contributed by atoms with Gasteiger partial charge in [0.25, 0.3) is 0 Å². The van der Waals surface area contributed by atoms with Crippen molar-refractivity contribution in [2.24, 2.45) is 0 Å². The van der Waals surface area contributed by atoms with Gasteiger partial charge in [0.1, 0.15) is 11.5 Å². The van der Waals surface area contributed by atoms with Gasteiger partial charge in [0.15, 0.2) is 0 Å². The van der Waals surface area contributed by atoms with Crippen molar-refractivity contribution in [3.63, 3.8) is 0 Å². The topological polar surface area (TPSA) is 35.5 Å². The van der Waals surface area contributed by atoms with Gasteiger partial charge in [-0.25, -0.2) is 4.79 Å². The fourth-order valence-corrected chi connectivity index (χ4v) is 3.45. The first-order chi connectivity index (χ1) is 16.1. The number of ether oxygens (including phenoxy) is 2. The maximum atomic E-state index is 12.6. The SMILES string of the molecule is C=CCCOc1ccc(-c2ccc(C(=O)Oc3ccc(-c4ccc(Cl)cc4)cc3)cc2)cc1. The number of rotatable bonds is 8. The Balaban J connectivity index is 1.38. The first kappa shape index (κ1) is 22.4. The minimum absolute atomic E-state index is 0.397. The summed E-state index contributed by atoms with van der Waals surface area (Å²) in [4.78, 5) is 12.6. The van der Waals surface area contributed by atoms with Gasteiger partial charge in [-0.15, -0.1) is 6.58 Å². The number of esters is 1. The molecule has 33 heavy (non-hydrogen) atoms. The maximum Gasteiger partial charge on any atom is 0.343 e. The zero-order chi connectivity index (χ0) is 23.0. The van der Waals surface area contributed by atoms with E-state index in [1.165, 1.54) is 0 Å². The summed E-state index contributed by atoms with van der Waals surface area (Å²) in [6.07, 6.45) is 2.64. The number of benzene rings is 4. The molecular formula is C29H23ClO3. The van der Waals surface area contributed by atoms with Crippen LogP contribution in [0.3, 0.4) is 0 Å². The minimum Gasteiger partial charge on any atom is -0.493 e. The maximum absolute atomic E-state index is 12.6. The highest BCUT2D eigenvalue weighted by molar-refractivity contribution is 6.30. The van der Waals surface area contributed by atoms with E-state index in [0.29, 0.717) is 22.9 Å². The number of hydrogen-bond acceptors (Lipinski definition) is 3. The Morgan fingerprint density at radius 3 is 1.67 bits per heavy atom. The van der Waals surface area contributed by atoms with Crippen LogP contribution in [-0.2, 0) is 0 Å². The average molecular weight is 455 g/mol. The molecule has 0 radical (unpaired) electrons. The molecule has 0 amide bonds. The summed E-state index contributed by atoms with van der Waals surface area (Å²) in [6.45, 7) is 4.30. The summed E-state index contributed by atoms with van der Waals surface area (Å²) < 4.78 is 11.2. The molecule has 4 aromatic rings. The molecule has 0 saturated carbocycles. The van der Waals surface area contributed by atoms with Crippen LogP contribution in [0.15, 0.2) is 110 Å². The van der Waals surface area contributed by atoms with Crippen LogP contribution < -0.4 is 9.47 Å². The highest BCUT2D eigenvalue weighted by Gasteiger charge is 2.10. The van der Waals surface area contributed by atoms with Gasteiger partial charge in [-0.3, -0.25) is 0 Å². The van der Waals surface area contributed by atoms with E-state index >= 15 is 0 Å². The Bertz CT molecular complexity index is 1210. The fraction of sp³-hybridized carbons (Fsp3) is 0.0690. The van der Waals surface area contributed by atoms with Crippen molar-refractivity contribution in [2.75, 3.05) is 6.61 Å². The molecule has 0 fully saturated rings. The molecule has 0 aliphatic carbocycles. The van der Waals surface area contributed by atoms with Crippen molar-refractivity contribution >= 4 is 17.6 Å². The van der Waals surface area contributed by atoms with Crippen LogP contribution in [0.2, 0.25) is 5.02 Å². The molecular weight excluding hydrogens is 432 g/mol. The number of halogens is 1. The molecule has 0 unspecified atom stereocenters. The quantitative estimate of drug-likeness (QED) is 0.118. The third kappa shape index (κ3) is 5.91. The highest BCUT2D eigenvalue weighted by atomic mass is 35.5. The predicted molar refractivity (Wildman–Crippen MR) is 134 cm³/mol. The van der Waals surface area contributed by atoms with Crippen molar-refractivity contribution < 1.29 is 14.3 Å². The van der Waals surface area contributed by atoms with Crippen LogP contribution in [0.1, 0.15) is 16.8 Å². The normalized spacial score (nSPS) is 10.5. The van der Waals surface area contributed by atoms with E-state index in [-0.39, 0.29) is 0 Å². The first-order valence-corrected chi connectivity index (χ1v) is 11.0.